The Morgan fingerprint density at radius 1 is 1.29 bits per heavy atom. The van der Waals surface area contributed by atoms with Crippen molar-refractivity contribution < 1.29 is 9.21 Å². The molecule has 5 nitrogen and oxygen atoms in total. The first-order chi connectivity index (χ1) is 8.08. The standard InChI is InChI=1S/C9H4BrCl2N3O2/c10-5-2-1-4(17-5)9(16)15-6-7(11)13-3-14-8(6)12/h1-3H,(H,15,16). The largest absolute Gasteiger partial charge is 0.444 e. The van der Waals surface area contributed by atoms with Gasteiger partial charge in [-0.3, -0.25) is 4.79 Å². The van der Waals surface area contributed by atoms with E-state index in [1.54, 1.807) is 6.07 Å². The molecule has 0 aromatic carbocycles. The van der Waals surface area contributed by atoms with E-state index < -0.39 is 5.91 Å². The van der Waals surface area contributed by atoms with Crippen molar-refractivity contribution in [1.82, 2.24) is 9.97 Å². The molecule has 1 N–H and O–H groups in total. The van der Waals surface area contributed by atoms with Crippen LogP contribution in [0.3, 0.4) is 0 Å². The Morgan fingerprint density at radius 3 is 2.47 bits per heavy atom. The van der Waals surface area contributed by atoms with E-state index in [-0.39, 0.29) is 21.8 Å². The molecule has 0 unspecified atom stereocenters. The van der Waals surface area contributed by atoms with Crippen LogP contribution in [0.1, 0.15) is 10.6 Å². The van der Waals surface area contributed by atoms with E-state index in [0.29, 0.717) is 4.67 Å². The molecule has 0 saturated heterocycles. The Kier molecular flexibility index (Phi) is 3.66. The van der Waals surface area contributed by atoms with Crippen LogP contribution in [0.5, 0.6) is 0 Å². The van der Waals surface area contributed by atoms with Crippen LogP contribution >= 0.6 is 39.1 Å². The minimum absolute atomic E-state index is 0.0592. The van der Waals surface area contributed by atoms with Gasteiger partial charge in [0.15, 0.2) is 20.7 Å². The highest BCUT2D eigenvalue weighted by atomic mass is 79.9. The summed E-state index contributed by atoms with van der Waals surface area (Å²) in [5.41, 5.74) is 0.147. The number of nitrogens with one attached hydrogen (secondary N) is 1. The molecular formula is C9H4BrCl2N3O2. The van der Waals surface area contributed by atoms with Gasteiger partial charge in [-0.05, 0) is 28.1 Å². The molecule has 0 aliphatic heterocycles. The van der Waals surface area contributed by atoms with Crippen molar-refractivity contribution in [3.05, 3.63) is 39.2 Å². The number of hydrogen-bond donors (Lipinski definition) is 1. The molecule has 2 heterocycles. The quantitative estimate of drug-likeness (QED) is 0.853. The zero-order valence-corrected chi connectivity index (χ0v) is 11.2. The number of furan rings is 1. The second-order valence-electron chi connectivity index (χ2n) is 2.89. The van der Waals surface area contributed by atoms with E-state index in [0.717, 1.165) is 0 Å². The molecule has 2 rings (SSSR count). The van der Waals surface area contributed by atoms with Crippen molar-refractivity contribution in [3.8, 4) is 0 Å². The number of carbonyl (C=O) groups excluding carboxylic acids is 1. The molecule has 0 saturated carbocycles. The fourth-order valence-corrected chi connectivity index (χ4v) is 1.77. The molecule has 1 amide bonds. The predicted octanol–water partition coefficient (Wildman–Crippen LogP) is 3.39. The zero-order valence-electron chi connectivity index (χ0n) is 8.08. The van der Waals surface area contributed by atoms with Crippen LogP contribution in [-0.2, 0) is 0 Å². The van der Waals surface area contributed by atoms with Crippen LogP contribution in [0.4, 0.5) is 5.69 Å². The fraction of sp³-hybridized carbons (Fsp3) is 0. The van der Waals surface area contributed by atoms with Crippen molar-refractivity contribution in [2.75, 3.05) is 5.32 Å². The smallest absolute Gasteiger partial charge is 0.291 e. The SMILES string of the molecule is O=C(Nc1c(Cl)ncnc1Cl)c1ccc(Br)o1. The summed E-state index contributed by atoms with van der Waals surface area (Å²) in [4.78, 5) is 19.1. The summed E-state index contributed by atoms with van der Waals surface area (Å²) in [5.74, 6) is -0.373. The lowest BCUT2D eigenvalue weighted by molar-refractivity contribution is 0.0995. The van der Waals surface area contributed by atoms with Gasteiger partial charge in [0.1, 0.15) is 12.0 Å². The number of nitrogens with zero attached hydrogens (tertiary/aromatic N) is 2. The van der Waals surface area contributed by atoms with Crippen LogP contribution in [0.25, 0.3) is 0 Å². The summed E-state index contributed by atoms with van der Waals surface area (Å²) in [6.45, 7) is 0. The molecule has 0 spiro atoms. The highest BCUT2D eigenvalue weighted by molar-refractivity contribution is 9.10. The summed E-state index contributed by atoms with van der Waals surface area (Å²) in [6, 6.07) is 3.10. The first-order valence-corrected chi connectivity index (χ1v) is 5.85. The lowest BCUT2D eigenvalue weighted by Gasteiger charge is -2.05. The molecule has 0 bridgehead atoms. The van der Waals surface area contributed by atoms with Crippen molar-refractivity contribution in [3.63, 3.8) is 0 Å². The van der Waals surface area contributed by atoms with E-state index >= 15 is 0 Å². The zero-order chi connectivity index (χ0) is 12.4. The Hall–Kier alpha value is -1.11. The molecule has 0 aliphatic rings. The minimum Gasteiger partial charge on any atom is -0.444 e. The van der Waals surface area contributed by atoms with Gasteiger partial charge >= 0.3 is 0 Å². The van der Waals surface area contributed by atoms with Gasteiger partial charge in [0.25, 0.3) is 5.91 Å². The van der Waals surface area contributed by atoms with Crippen LogP contribution < -0.4 is 5.32 Å². The number of halogens is 3. The lowest BCUT2D eigenvalue weighted by Crippen LogP contribution is -2.12. The third-order valence-corrected chi connectivity index (χ3v) is 2.79. The van der Waals surface area contributed by atoms with Gasteiger partial charge in [-0.1, -0.05) is 23.2 Å². The second-order valence-corrected chi connectivity index (χ2v) is 4.39. The first-order valence-electron chi connectivity index (χ1n) is 4.30. The summed E-state index contributed by atoms with van der Waals surface area (Å²) in [7, 11) is 0. The van der Waals surface area contributed by atoms with Crippen molar-refractivity contribution >= 4 is 50.7 Å². The molecule has 17 heavy (non-hydrogen) atoms. The van der Waals surface area contributed by atoms with E-state index in [1.165, 1.54) is 12.4 Å². The molecule has 0 radical (unpaired) electrons. The molecule has 2 aromatic heterocycles. The third kappa shape index (κ3) is 2.77. The Morgan fingerprint density at radius 2 is 1.94 bits per heavy atom. The highest BCUT2D eigenvalue weighted by Gasteiger charge is 2.15. The third-order valence-electron chi connectivity index (χ3n) is 1.79. The monoisotopic (exact) mass is 335 g/mol. The highest BCUT2D eigenvalue weighted by Crippen LogP contribution is 2.26. The molecule has 0 fully saturated rings. The number of aromatic nitrogens is 2. The van der Waals surface area contributed by atoms with Crippen LogP contribution in [0, 0.1) is 0 Å². The van der Waals surface area contributed by atoms with E-state index in [1.807, 2.05) is 0 Å². The van der Waals surface area contributed by atoms with Gasteiger partial charge < -0.3 is 9.73 Å². The maximum absolute atomic E-state index is 11.7. The molecule has 88 valence electrons. The van der Waals surface area contributed by atoms with Gasteiger partial charge in [0.2, 0.25) is 0 Å². The van der Waals surface area contributed by atoms with E-state index in [9.17, 15) is 4.79 Å². The maximum atomic E-state index is 11.7. The van der Waals surface area contributed by atoms with Crippen LogP contribution in [-0.4, -0.2) is 15.9 Å². The lowest BCUT2D eigenvalue weighted by atomic mass is 10.4. The first kappa shape index (κ1) is 12.3. The molecule has 0 aliphatic carbocycles. The van der Waals surface area contributed by atoms with Gasteiger partial charge in [0.05, 0.1) is 0 Å². The Balaban J connectivity index is 2.24. The summed E-state index contributed by atoms with van der Waals surface area (Å²) in [6.07, 6.45) is 1.20. The summed E-state index contributed by atoms with van der Waals surface area (Å²) < 4.78 is 5.52. The van der Waals surface area contributed by atoms with Gasteiger partial charge in [-0.15, -0.1) is 0 Å². The number of amides is 1. The van der Waals surface area contributed by atoms with Gasteiger partial charge in [0, 0.05) is 0 Å². The van der Waals surface area contributed by atoms with E-state index in [4.69, 9.17) is 27.6 Å². The van der Waals surface area contributed by atoms with Crippen LogP contribution in [0.2, 0.25) is 10.3 Å². The molecule has 0 atom stereocenters. The van der Waals surface area contributed by atoms with Gasteiger partial charge in [-0.2, -0.15) is 0 Å². The number of carbonyl (C=O) groups is 1. The predicted molar refractivity (Wildman–Crippen MR) is 66.4 cm³/mol. The number of anilines is 1. The fourth-order valence-electron chi connectivity index (χ4n) is 1.06. The number of hydrogen-bond acceptors (Lipinski definition) is 4. The van der Waals surface area contributed by atoms with Crippen molar-refractivity contribution in [2.24, 2.45) is 0 Å². The Labute approximate surface area is 114 Å². The number of rotatable bonds is 2. The molecule has 8 heteroatoms. The van der Waals surface area contributed by atoms with Crippen LogP contribution in [0.15, 0.2) is 27.5 Å². The average Bonchev–Trinajstić information content (AvgIpc) is 2.70. The maximum Gasteiger partial charge on any atom is 0.291 e. The second kappa shape index (κ2) is 5.03. The van der Waals surface area contributed by atoms with Gasteiger partial charge in [-0.25, -0.2) is 9.97 Å². The minimum atomic E-state index is -0.491. The molecular weight excluding hydrogens is 333 g/mol. The Bertz CT molecular complexity index is 553. The summed E-state index contributed by atoms with van der Waals surface area (Å²) >= 11 is 14.6. The van der Waals surface area contributed by atoms with Crippen molar-refractivity contribution in [2.45, 2.75) is 0 Å². The normalized spacial score (nSPS) is 10.3. The van der Waals surface area contributed by atoms with E-state index in [2.05, 4.69) is 31.2 Å². The molecule has 2 aromatic rings. The average molecular weight is 337 g/mol. The topological polar surface area (TPSA) is 68.0 Å². The summed E-state index contributed by atoms with van der Waals surface area (Å²) in [5, 5.41) is 2.58. The van der Waals surface area contributed by atoms with Crippen molar-refractivity contribution in [1.29, 1.82) is 0 Å².